The van der Waals surface area contributed by atoms with Crippen LogP contribution >= 0.6 is 0 Å². The van der Waals surface area contributed by atoms with E-state index < -0.39 is 5.91 Å². The number of piperidine rings is 2. The van der Waals surface area contributed by atoms with E-state index in [2.05, 4.69) is 15.3 Å². The summed E-state index contributed by atoms with van der Waals surface area (Å²) in [5, 5.41) is 14.8. The van der Waals surface area contributed by atoms with Crippen molar-refractivity contribution in [2.45, 2.75) is 43.9 Å². The summed E-state index contributed by atoms with van der Waals surface area (Å²) < 4.78 is 0. The fraction of sp³-hybridized carbons (Fsp3) is 0.565. The van der Waals surface area contributed by atoms with Crippen LogP contribution in [-0.2, 0) is 4.84 Å². The quantitative estimate of drug-likeness (QED) is 0.246. The van der Waals surface area contributed by atoms with E-state index in [0.29, 0.717) is 50.3 Å². The molecule has 2 saturated heterocycles. The molecule has 0 aliphatic carbocycles. The molecule has 2 fully saturated rings. The molecule has 14 heteroatoms. The van der Waals surface area contributed by atoms with Gasteiger partial charge in [-0.3, -0.25) is 9.63 Å². The summed E-state index contributed by atoms with van der Waals surface area (Å²) in [7, 11) is 1.40. The summed E-state index contributed by atoms with van der Waals surface area (Å²) >= 11 is 0. The zero-order valence-electron chi connectivity index (χ0n) is 21.2. The highest BCUT2D eigenvalue weighted by Gasteiger charge is 2.29. The van der Waals surface area contributed by atoms with Gasteiger partial charge in [-0.1, -0.05) is 0 Å². The molecule has 14 nitrogen and oxygen atoms in total. The number of aromatic hydroxyl groups is 1. The average molecular weight is 516 g/mol. The van der Waals surface area contributed by atoms with Crippen LogP contribution in [0.3, 0.4) is 0 Å². The van der Waals surface area contributed by atoms with Crippen LogP contribution in [0, 0.1) is 0 Å². The highest BCUT2D eigenvalue weighted by atomic mass is 16.7. The van der Waals surface area contributed by atoms with Gasteiger partial charge in [-0.15, -0.1) is 0 Å². The second-order valence-electron chi connectivity index (χ2n) is 9.62. The number of carbonyl (C=O) groups is 1. The first-order chi connectivity index (χ1) is 17.7. The molecule has 37 heavy (non-hydrogen) atoms. The average Bonchev–Trinajstić information content (AvgIpc) is 2.83. The number of aromatic nitrogens is 3. The fourth-order valence-electron chi connectivity index (χ4n) is 4.79. The molecule has 0 spiro atoms. The van der Waals surface area contributed by atoms with Crippen molar-refractivity contribution in [3.8, 4) is 5.75 Å². The smallest absolute Gasteiger partial charge is 0.281 e. The molecular weight excluding hydrogens is 478 g/mol. The lowest BCUT2D eigenvalue weighted by molar-refractivity contribution is -0.0916. The van der Waals surface area contributed by atoms with E-state index >= 15 is 0 Å². The normalized spacial score (nSPS) is 24.2. The van der Waals surface area contributed by atoms with Gasteiger partial charge in [0.15, 0.2) is 0 Å². The molecule has 0 saturated carbocycles. The Hall–Kier alpha value is -3.30. The lowest BCUT2D eigenvalue weighted by Crippen LogP contribution is -2.54. The number of benzene rings is 1. The van der Waals surface area contributed by atoms with Gasteiger partial charge in [-0.25, -0.2) is 5.06 Å². The Morgan fingerprint density at radius 3 is 1.95 bits per heavy atom. The zero-order valence-corrected chi connectivity index (χ0v) is 21.2. The van der Waals surface area contributed by atoms with Gasteiger partial charge in [-0.2, -0.15) is 15.0 Å². The van der Waals surface area contributed by atoms with E-state index in [0.717, 1.165) is 17.9 Å². The van der Waals surface area contributed by atoms with Crippen molar-refractivity contribution >= 4 is 29.4 Å². The molecule has 1 aromatic heterocycles. The molecule has 4 atom stereocenters. The summed E-state index contributed by atoms with van der Waals surface area (Å²) in [5.74, 6) is 0.460. The van der Waals surface area contributed by atoms with Crippen molar-refractivity contribution in [3.05, 3.63) is 23.8 Å². The number of phenolic OH excluding ortho intramolecular Hbond substituents is 1. The molecule has 2 aliphatic rings. The lowest BCUT2D eigenvalue weighted by atomic mass is 10.0. The van der Waals surface area contributed by atoms with E-state index in [9.17, 15) is 9.90 Å². The summed E-state index contributed by atoms with van der Waals surface area (Å²) in [5.41, 5.74) is 25.4. The summed E-state index contributed by atoms with van der Waals surface area (Å²) in [6.45, 7) is 4.33. The number of hydrogen-bond donors (Lipinski definition) is 6. The number of nitrogens with zero attached hydrogens (tertiary/aromatic N) is 6. The minimum atomic E-state index is -0.450. The van der Waals surface area contributed by atoms with Gasteiger partial charge < -0.3 is 43.2 Å². The molecule has 4 unspecified atom stereocenters. The molecule has 0 bridgehead atoms. The molecule has 2 aromatic rings. The Bertz CT molecular complexity index is 1040. The third-order valence-corrected chi connectivity index (χ3v) is 6.43. The van der Waals surface area contributed by atoms with Crippen molar-refractivity contribution in [2.24, 2.45) is 22.9 Å². The number of amides is 1. The fourth-order valence-corrected chi connectivity index (χ4v) is 4.79. The molecule has 10 N–H and O–H groups in total. The lowest BCUT2D eigenvalue weighted by Gasteiger charge is -2.37. The maximum absolute atomic E-state index is 12.6. The number of nitrogens with two attached hydrogens (primary N) is 4. The Morgan fingerprint density at radius 2 is 1.51 bits per heavy atom. The summed E-state index contributed by atoms with van der Waals surface area (Å²) in [4.78, 5) is 35.5. The second kappa shape index (κ2) is 11.4. The Balaban J connectivity index is 1.64. The first-order valence-electron chi connectivity index (χ1n) is 12.4. The third-order valence-electron chi connectivity index (χ3n) is 6.43. The van der Waals surface area contributed by atoms with Crippen LogP contribution in [0.4, 0.5) is 23.5 Å². The number of rotatable bonds is 7. The standard InChI is InChI=1S/C23H37N11O3/c1-3-34(37-2)20(36)18-5-4-17(8-19(18)35)28-21-29-22(32-9-13(24)6-14(25)10-32)31-23(30-21)33-11-15(26)7-16(27)12-33/h4-5,8,13-16,35H,3,6-7,9-12,24-27H2,1-2H3,(H,28,29,30,31). The van der Waals surface area contributed by atoms with Gasteiger partial charge >= 0.3 is 0 Å². The minimum absolute atomic E-state index is 0.103. The van der Waals surface area contributed by atoms with Crippen LogP contribution in [0.25, 0.3) is 0 Å². The molecule has 2 aliphatic heterocycles. The van der Waals surface area contributed by atoms with Crippen molar-refractivity contribution in [1.82, 2.24) is 20.0 Å². The second-order valence-corrected chi connectivity index (χ2v) is 9.62. The Labute approximate surface area is 215 Å². The number of phenols is 1. The zero-order chi connectivity index (χ0) is 26.7. The van der Waals surface area contributed by atoms with Crippen molar-refractivity contribution in [3.63, 3.8) is 0 Å². The van der Waals surface area contributed by atoms with E-state index in [4.69, 9.17) is 32.8 Å². The monoisotopic (exact) mass is 515 g/mol. The third kappa shape index (κ3) is 6.34. The van der Waals surface area contributed by atoms with Crippen LogP contribution in [0.15, 0.2) is 18.2 Å². The molecule has 4 rings (SSSR count). The van der Waals surface area contributed by atoms with E-state index in [-0.39, 0.29) is 41.4 Å². The van der Waals surface area contributed by atoms with Gasteiger partial charge in [0.1, 0.15) is 5.75 Å². The van der Waals surface area contributed by atoms with Crippen LogP contribution in [0.2, 0.25) is 0 Å². The maximum Gasteiger partial charge on any atom is 0.281 e. The van der Waals surface area contributed by atoms with Gasteiger partial charge in [0.2, 0.25) is 17.8 Å². The minimum Gasteiger partial charge on any atom is -0.507 e. The topological polar surface area (TPSA) is 211 Å². The van der Waals surface area contributed by atoms with Crippen molar-refractivity contribution in [2.75, 3.05) is 55.0 Å². The molecule has 1 amide bonds. The molecule has 202 valence electrons. The number of anilines is 4. The van der Waals surface area contributed by atoms with Crippen molar-refractivity contribution in [1.29, 1.82) is 0 Å². The predicted octanol–water partition coefficient (Wildman–Crippen LogP) is -0.926. The number of carbonyl (C=O) groups excluding carboxylic acids is 1. The first kappa shape index (κ1) is 26.8. The molecule has 3 heterocycles. The first-order valence-corrected chi connectivity index (χ1v) is 12.4. The van der Waals surface area contributed by atoms with E-state index in [1.807, 2.05) is 9.80 Å². The van der Waals surface area contributed by atoms with Crippen LogP contribution in [0.1, 0.15) is 30.1 Å². The highest BCUT2D eigenvalue weighted by Crippen LogP contribution is 2.27. The molecular formula is C23H37N11O3. The van der Waals surface area contributed by atoms with Gasteiger partial charge in [0.05, 0.1) is 12.7 Å². The molecule has 0 radical (unpaired) electrons. The number of nitrogens with one attached hydrogen (secondary N) is 1. The Morgan fingerprint density at radius 1 is 1.00 bits per heavy atom. The largest absolute Gasteiger partial charge is 0.507 e. The Kier molecular flexibility index (Phi) is 8.24. The SMILES string of the molecule is CCN(OC)C(=O)c1ccc(Nc2nc(N3CC(N)CC(N)C3)nc(N3CC(N)CC(N)C3)n2)cc1O. The number of hydrogen-bond acceptors (Lipinski definition) is 13. The molecule has 1 aromatic carbocycles. The van der Waals surface area contributed by atoms with Crippen LogP contribution in [0.5, 0.6) is 5.75 Å². The summed E-state index contributed by atoms with van der Waals surface area (Å²) in [6.07, 6.45) is 1.44. The van der Waals surface area contributed by atoms with E-state index in [1.54, 1.807) is 13.0 Å². The maximum atomic E-state index is 12.6. The van der Waals surface area contributed by atoms with Crippen LogP contribution in [-0.4, -0.2) is 95.0 Å². The highest BCUT2D eigenvalue weighted by molar-refractivity contribution is 5.96. The van der Waals surface area contributed by atoms with Gasteiger partial charge in [0.25, 0.3) is 5.91 Å². The summed E-state index contributed by atoms with van der Waals surface area (Å²) in [6, 6.07) is 4.18. The van der Waals surface area contributed by atoms with Crippen LogP contribution < -0.4 is 38.1 Å². The van der Waals surface area contributed by atoms with Gasteiger partial charge in [0, 0.05) is 68.6 Å². The van der Waals surface area contributed by atoms with E-state index in [1.165, 1.54) is 19.2 Å². The van der Waals surface area contributed by atoms with Gasteiger partial charge in [-0.05, 0) is 31.9 Å². The predicted molar refractivity (Wildman–Crippen MR) is 140 cm³/mol. The number of hydroxylamine groups is 2. The van der Waals surface area contributed by atoms with Crippen molar-refractivity contribution < 1.29 is 14.7 Å².